The van der Waals surface area contributed by atoms with Gasteiger partial charge in [-0.25, -0.2) is 0 Å². The number of alkyl halides is 1. The predicted octanol–water partition coefficient (Wildman–Crippen LogP) is 1.41. The Labute approximate surface area is 49.6 Å². The van der Waals surface area contributed by atoms with Crippen LogP contribution in [0.25, 0.3) is 0 Å². The monoisotopic (exact) mass is 122 g/mol. The summed E-state index contributed by atoms with van der Waals surface area (Å²) in [6.07, 6.45) is 1.64. The summed E-state index contributed by atoms with van der Waals surface area (Å²) in [7, 11) is 0. The summed E-state index contributed by atoms with van der Waals surface area (Å²) in [6.45, 7) is 5.28. The number of halogens is 1. The highest BCUT2D eigenvalue weighted by atomic mass is 35.5. The van der Waals surface area contributed by atoms with Crippen molar-refractivity contribution in [3.8, 4) is 0 Å². The van der Waals surface area contributed by atoms with E-state index in [1.54, 1.807) is 13.0 Å². The Morgan fingerprint density at radius 3 is 2.00 bits per heavy atom. The first-order valence-corrected chi connectivity index (χ1v) is 2.64. The van der Waals surface area contributed by atoms with Gasteiger partial charge < -0.3 is 5.11 Å². The molecule has 0 atom stereocenters. The predicted molar refractivity (Wildman–Crippen MR) is 33.7 cm³/mol. The Morgan fingerprint density at radius 2 is 2.00 bits per heavy atom. The largest absolute Gasteiger partial charge is 0.397 e. The lowest BCUT2D eigenvalue weighted by Crippen LogP contribution is -1.57. The van der Waals surface area contributed by atoms with Crippen LogP contribution in [-0.4, -0.2) is 17.6 Å². The van der Waals surface area contributed by atoms with Gasteiger partial charge in [-0.15, -0.1) is 18.2 Å². The summed E-state index contributed by atoms with van der Waals surface area (Å²) in [5.41, 5.74) is 0. The lowest BCUT2D eigenvalue weighted by Gasteiger charge is -1.55. The Morgan fingerprint density at radius 1 is 1.86 bits per heavy atom. The van der Waals surface area contributed by atoms with Crippen molar-refractivity contribution in [1.82, 2.24) is 0 Å². The number of allylic oxidation sites excluding steroid dienone is 1. The number of hydrogen-bond acceptors (Lipinski definition) is 1. The van der Waals surface area contributed by atoms with Crippen LogP contribution in [0.3, 0.4) is 0 Å². The fourth-order valence-electron chi connectivity index (χ4n) is 0. The first-order valence-electron chi connectivity index (χ1n) is 2.11. The third-order valence-corrected chi connectivity index (χ3v) is 0.327. The van der Waals surface area contributed by atoms with Gasteiger partial charge in [0.2, 0.25) is 0 Å². The van der Waals surface area contributed by atoms with Crippen LogP contribution in [0.15, 0.2) is 12.7 Å². The first kappa shape index (κ1) is 10.1. The van der Waals surface area contributed by atoms with Crippen LogP contribution in [0.5, 0.6) is 0 Å². The highest BCUT2D eigenvalue weighted by Crippen LogP contribution is 1.67. The molecule has 0 aliphatic rings. The SMILES string of the molecule is C=CCCl.CCO. The first-order chi connectivity index (χ1) is 3.33. The van der Waals surface area contributed by atoms with E-state index in [9.17, 15) is 0 Å². The molecule has 0 aliphatic heterocycles. The van der Waals surface area contributed by atoms with E-state index in [0.29, 0.717) is 5.88 Å². The molecule has 0 bridgehead atoms. The molecular weight excluding hydrogens is 112 g/mol. The Balaban J connectivity index is 0. The maximum Gasteiger partial charge on any atom is 0.0402 e. The molecule has 0 spiro atoms. The van der Waals surface area contributed by atoms with E-state index >= 15 is 0 Å². The number of hydrogen-bond donors (Lipinski definition) is 1. The molecule has 0 aromatic carbocycles. The van der Waals surface area contributed by atoms with Gasteiger partial charge in [-0.3, -0.25) is 0 Å². The molecule has 0 unspecified atom stereocenters. The van der Waals surface area contributed by atoms with Crippen molar-refractivity contribution in [3.63, 3.8) is 0 Å². The zero-order valence-electron chi connectivity index (χ0n) is 4.52. The molecule has 1 nitrogen and oxygen atoms in total. The third kappa shape index (κ3) is 97.3. The summed E-state index contributed by atoms with van der Waals surface area (Å²) in [4.78, 5) is 0. The van der Waals surface area contributed by atoms with E-state index in [0.717, 1.165) is 0 Å². The zero-order chi connectivity index (χ0) is 6.12. The van der Waals surface area contributed by atoms with Crippen LogP contribution in [0.1, 0.15) is 6.92 Å². The lowest BCUT2D eigenvalue weighted by atomic mass is 10.8. The van der Waals surface area contributed by atoms with Gasteiger partial charge in [-0.1, -0.05) is 6.08 Å². The summed E-state index contributed by atoms with van der Waals surface area (Å²) in [6, 6.07) is 0. The molecule has 0 heterocycles. The van der Waals surface area contributed by atoms with Crippen molar-refractivity contribution in [1.29, 1.82) is 0 Å². The van der Waals surface area contributed by atoms with Crippen LogP contribution < -0.4 is 0 Å². The van der Waals surface area contributed by atoms with Crippen molar-refractivity contribution in [2.75, 3.05) is 12.5 Å². The second-order valence-corrected chi connectivity index (χ2v) is 1.07. The molecule has 0 amide bonds. The fourth-order valence-corrected chi connectivity index (χ4v) is 0. The van der Waals surface area contributed by atoms with Gasteiger partial charge in [-0.2, -0.15) is 0 Å². The molecule has 0 aromatic heterocycles. The molecule has 0 aromatic rings. The quantitative estimate of drug-likeness (QED) is 0.412. The van der Waals surface area contributed by atoms with Gasteiger partial charge in [-0.05, 0) is 6.92 Å². The van der Waals surface area contributed by atoms with E-state index in [-0.39, 0.29) is 6.61 Å². The van der Waals surface area contributed by atoms with Crippen LogP contribution in [0.2, 0.25) is 0 Å². The normalized spacial score (nSPS) is 6.14. The molecule has 44 valence electrons. The minimum Gasteiger partial charge on any atom is -0.397 e. The molecule has 0 rings (SSSR count). The highest BCUT2D eigenvalue weighted by Gasteiger charge is 1.48. The van der Waals surface area contributed by atoms with Gasteiger partial charge in [0.15, 0.2) is 0 Å². The van der Waals surface area contributed by atoms with Gasteiger partial charge in [0, 0.05) is 12.5 Å². The molecule has 0 saturated carbocycles. The molecule has 0 saturated heterocycles. The van der Waals surface area contributed by atoms with Crippen molar-refractivity contribution >= 4 is 11.6 Å². The summed E-state index contributed by atoms with van der Waals surface area (Å²) >= 11 is 5.07. The zero-order valence-corrected chi connectivity index (χ0v) is 5.28. The number of aliphatic hydroxyl groups excluding tert-OH is 1. The minimum absolute atomic E-state index is 0.250. The summed E-state index contributed by atoms with van der Waals surface area (Å²) < 4.78 is 0. The van der Waals surface area contributed by atoms with E-state index < -0.39 is 0 Å². The van der Waals surface area contributed by atoms with E-state index in [4.69, 9.17) is 16.7 Å². The van der Waals surface area contributed by atoms with E-state index in [1.165, 1.54) is 0 Å². The van der Waals surface area contributed by atoms with Crippen molar-refractivity contribution in [3.05, 3.63) is 12.7 Å². The van der Waals surface area contributed by atoms with Crippen LogP contribution in [0, 0.1) is 0 Å². The molecule has 7 heavy (non-hydrogen) atoms. The van der Waals surface area contributed by atoms with Gasteiger partial charge >= 0.3 is 0 Å². The second kappa shape index (κ2) is 16.7. The standard InChI is InChI=1S/C3H5Cl.C2H6O/c1-2-3-4;1-2-3/h2H,1,3H2;3H,2H2,1H3. The number of rotatable bonds is 1. The topological polar surface area (TPSA) is 20.2 Å². The fraction of sp³-hybridized carbons (Fsp3) is 0.600. The minimum atomic E-state index is 0.250. The Kier molecular flexibility index (Phi) is 24.0. The second-order valence-electron chi connectivity index (χ2n) is 0.759. The molecule has 0 radical (unpaired) electrons. The lowest BCUT2D eigenvalue weighted by molar-refractivity contribution is 0.318. The van der Waals surface area contributed by atoms with Crippen molar-refractivity contribution in [2.24, 2.45) is 0 Å². The van der Waals surface area contributed by atoms with Gasteiger partial charge in [0.25, 0.3) is 0 Å². The van der Waals surface area contributed by atoms with E-state index in [2.05, 4.69) is 6.58 Å². The maximum absolute atomic E-state index is 7.57. The maximum atomic E-state index is 7.57. The van der Waals surface area contributed by atoms with Crippen LogP contribution in [-0.2, 0) is 0 Å². The Bertz CT molecular complexity index is 29.3. The third-order valence-electron chi connectivity index (χ3n) is 0.109. The average molecular weight is 123 g/mol. The van der Waals surface area contributed by atoms with Crippen molar-refractivity contribution in [2.45, 2.75) is 6.92 Å². The Hall–Kier alpha value is -0.0100. The molecule has 0 aliphatic carbocycles. The van der Waals surface area contributed by atoms with Crippen LogP contribution in [0.4, 0.5) is 0 Å². The summed E-state index contributed by atoms with van der Waals surface area (Å²) in [5.74, 6) is 0.556. The average Bonchev–Trinajstić information content (AvgIpc) is 1.69. The van der Waals surface area contributed by atoms with Gasteiger partial charge in [0.1, 0.15) is 0 Å². The molecule has 1 N–H and O–H groups in total. The van der Waals surface area contributed by atoms with E-state index in [1.807, 2.05) is 0 Å². The number of aliphatic hydroxyl groups is 1. The van der Waals surface area contributed by atoms with Gasteiger partial charge in [0.05, 0.1) is 0 Å². The molecular formula is C5H11ClO. The molecule has 2 heteroatoms. The van der Waals surface area contributed by atoms with Crippen molar-refractivity contribution < 1.29 is 5.11 Å². The van der Waals surface area contributed by atoms with Crippen LogP contribution >= 0.6 is 11.6 Å². The summed E-state index contributed by atoms with van der Waals surface area (Å²) in [5, 5.41) is 7.57. The highest BCUT2D eigenvalue weighted by molar-refractivity contribution is 6.18. The molecule has 0 fully saturated rings. The smallest absolute Gasteiger partial charge is 0.0402 e.